The second kappa shape index (κ2) is 6.62. The molecule has 2 rings (SSSR count). The summed E-state index contributed by atoms with van der Waals surface area (Å²) in [6, 6.07) is 11.5. The molecular formula is C18H16F2O2. The summed E-state index contributed by atoms with van der Waals surface area (Å²) in [5.74, 6) is -5.27. The summed E-state index contributed by atoms with van der Waals surface area (Å²) in [4.78, 5) is 12.0. The number of alkyl halides is 2. The SMILES string of the molecule is C/C=C/C=C/C(O)C(F)(F)C(=O)c1ccc2ccccc2c1. The van der Waals surface area contributed by atoms with Crippen LogP contribution in [-0.4, -0.2) is 22.9 Å². The van der Waals surface area contributed by atoms with Crippen LogP contribution in [0.3, 0.4) is 0 Å². The van der Waals surface area contributed by atoms with E-state index in [0.29, 0.717) is 5.39 Å². The van der Waals surface area contributed by atoms with Crippen LogP contribution in [0.5, 0.6) is 0 Å². The Morgan fingerprint density at radius 3 is 2.50 bits per heavy atom. The van der Waals surface area contributed by atoms with E-state index in [1.54, 1.807) is 31.2 Å². The van der Waals surface area contributed by atoms with Crippen molar-refractivity contribution in [3.63, 3.8) is 0 Å². The molecule has 0 aliphatic heterocycles. The number of aliphatic hydroxyl groups is 1. The van der Waals surface area contributed by atoms with Gasteiger partial charge in [0, 0.05) is 5.56 Å². The zero-order valence-electron chi connectivity index (χ0n) is 12.0. The predicted molar refractivity (Wildman–Crippen MR) is 83.2 cm³/mol. The fourth-order valence-corrected chi connectivity index (χ4v) is 2.06. The Morgan fingerprint density at radius 1 is 1.14 bits per heavy atom. The highest BCUT2D eigenvalue weighted by Gasteiger charge is 2.45. The molecule has 2 aromatic carbocycles. The van der Waals surface area contributed by atoms with Crippen LogP contribution in [0.15, 0.2) is 66.8 Å². The molecule has 0 spiro atoms. The maximum Gasteiger partial charge on any atom is 0.338 e. The van der Waals surface area contributed by atoms with Crippen molar-refractivity contribution < 1.29 is 18.7 Å². The molecular weight excluding hydrogens is 286 g/mol. The van der Waals surface area contributed by atoms with Gasteiger partial charge in [0.1, 0.15) is 6.10 Å². The van der Waals surface area contributed by atoms with Crippen molar-refractivity contribution in [2.75, 3.05) is 0 Å². The van der Waals surface area contributed by atoms with E-state index >= 15 is 0 Å². The number of aliphatic hydroxyl groups excluding tert-OH is 1. The average Bonchev–Trinajstić information content (AvgIpc) is 2.53. The van der Waals surface area contributed by atoms with Gasteiger partial charge in [-0.2, -0.15) is 8.78 Å². The molecule has 2 nitrogen and oxygen atoms in total. The Morgan fingerprint density at radius 2 is 1.82 bits per heavy atom. The molecule has 0 aromatic heterocycles. The molecule has 0 fully saturated rings. The first-order valence-electron chi connectivity index (χ1n) is 6.86. The summed E-state index contributed by atoms with van der Waals surface area (Å²) in [7, 11) is 0. The Balaban J connectivity index is 2.31. The lowest BCUT2D eigenvalue weighted by atomic mass is 9.98. The van der Waals surface area contributed by atoms with Crippen molar-refractivity contribution in [3.05, 3.63) is 72.3 Å². The van der Waals surface area contributed by atoms with Gasteiger partial charge in [0.25, 0.3) is 0 Å². The van der Waals surface area contributed by atoms with Crippen LogP contribution in [0.2, 0.25) is 0 Å². The van der Waals surface area contributed by atoms with E-state index in [4.69, 9.17) is 0 Å². The third-order valence-corrected chi connectivity index (χ3v) is 3.28. The van der Waals surface area contributed by atoms with Crippen molar-refractivity contribution in [1.82, 2.24) is 0 Å². The Bertz CT molecular complexity index is 733. The largest absolute Gasteiger partial charge is 0.382 e. The van der Waals surface area contributed by atoms with Crippen LogP contribution in [0, 0.1) is 0 Å². The highest BCUT2D eigenvalue weighted by Crippen LogP contribution is 2.27. The lowest BCUT2D eigenvalue weighted by Gasteiger charge is -2.18. The quantitative estimate of drug-likeness (QED) is 0.665. The average molecular weight is 302 g/mol. The van der Waals surface area contributed by atoms with E-state index in [9.17, 15) is 18.7 Å². The molecule has 114 valence electrons. The van der Waals surface area contributed by atoms with E-state index in [2.05, 4.69) is 0 Å². The molecule has 0 amide bonds. The number of carbonyl (C=O) groups excluding carboxylic acids is 1. The zero-order chi connectivity index (χ0) is 16.2. The third kappa shape index (κ3) is 3.28. The van der Waals surface area contributed by atoms with Gasteiger partial charge in [-0.05, 0) is 29.8 Å². The van der Waals surface area contributed by atoms with Crippen LogP contribution in [-0.2, 0) is 0 Å². The number of halogens is 2. The molecule has 4 heteroatoms. The lowest BCUT2D eigenvalue weighted by Crippen LogP contribution is -2.40. The molecule has 22 heavy (non-hydrogen) atoms. The fraction of sp³-hybridized carbons (Fsp3) is 0.167. The van der Waals surface area contributed by atoms with Crippen LogP contribution in [0.25, 0.3) is 10.8 Å². The molecule has 0 aliphatic rings. The van der Waals surface area contributed by atoms with Gasteiger partial charge < -0.3 is 5.11 Å². The van der Waals surface area contributed by atoms with Crippen molar-refractivity contribution >= 4 is 16.6 Å². The lowest BCUT2D eigenvalue weighted by molar-refractivity contribution is -0.0569. The number of Topliss-reactive ketones (excluding diaryl/α,β-unsaturated/α-hetero) is 1. The summed E-state index contributed by atoms with van der Waals surface area (Å²) < 4.78 is 28.1. The number of benzene rings is 2. The summed E-state index contributed by atoms with van der Waals surface area (Å²) in [6.07, 6.45) is 3.15. The molecule has 0 aliphatic carbocycles. The standard InChI is InChI=1S/C18H16F2O2/c1-2-3-4-9-16(21)18(19,20)17(22)15-11-10-13-7-5-6-8-14(13)12-15/h2-12,16,21H,1H3/b3-2+,9-4+. The number of ketones is 1. The molecule has 0 bridgehead atoms. The predicted octanol–water partition coefficient (Wildman–Crippen LogP) is 4.15. The number of fused-ring (bicyclic) bond motifs is 1. The first-order valence-corrected chi connectivity index (χ1v) is 6.86. The second-order valence-electron chi connectivity index (χ2n) is 4.87. The minimum absolute atomic E-state index is 0.123. The normalized spacial score (nSPS) is 14.0. The van der Waals surface area contributed by atoms with E-state index in [-0.39, 0.29) is 5.56 Å². The van der Waals surface area contributed by atoms with E-state index in [0.717, 1.165) is 11.5 Å². The maximum absolute atomic E-state index is 14.0. The summed E-state index contributed by atoms with van der Waals surface area (Å²) in [5.41, 5.74) is -0.123. The van der Waals surface area contributed by atoms with E-state index < -0.39 is 17.8 Å². The number of carbonyl (C=O) groups is 1. The van der Waals surface area contributed by atoms with Gasteiger partial charge in [-0.25, -0.2) is 0 Å². The Kier molecular flexibility index (Phi) is 4.83. The molecule has 1 N–H and O–H groups in total. The minimum atomic E-state index is -3.87. The minimum Gasteiger partial charge on any atom is -0.382 e. The first kappa shape index (κ1) is 16.0. The molecule has 0 radical (unpaired) electrons. The monoisotopic (exact) mass is 302 g/mol. The third-order valence-electron chi connectivity index (χ3n) is 3.28. The number of hydrogen-bond acceptors (Lipinski definition) is 2. The fourth-order valence-electron chi connectivity index (χ4n) is 2.06. The highest BCUT2D eigenvalue weighted by atomic mass is 19.3. The number of allylic oxidation sites excluding steroid dienone is 3. The van der Waals surface area contributed by atoms with Gasteiger partial charge in [-0.1, -0.05) is 54.6 Å². The number of hydrogen-bond donors (Lipinski definition) is 1. The van der Waals surface area contributed by atoms with Crippen molar-refractivity contribution in [1.29, 1.82) is 0 Å². The Labute approximate surface area is 127 Å². The van der Waals surface area contributed by atoms with Gasteiger partial charge >= 0.3 is 5.92 Å². The molecule has 1 unspecified atom stereocenters. The van der Waals surface area contributed by atoms with Crippen LogP contribution in [0.4, 0.5) is 8.78 Å². The summed E-state index contributed by atoms with van der Waals surface area (Å²) in [6.45, 7) is 1.72. The van der Waals surface area contributed by atoms with Crippen molar-refractivity contribution in [2.45, 2.75) is 19.0 Å². The van der Waals surface area contributed by atoms with Crippen molar-refractivity contribution in [2.24, 2.45) is 0 Å². The highest BCUT2D eigenvalue weighted by molar-refractivity contribution is 6.04. The van der Waals surface area contributed by atoms with Gasteiger partial charge in [-0.15, -0.1) is 0 Å². The molecule has 0 saturated carbocycles. The van der Waals surface area contributed by atoms with Crippen LogP contribution < -0.4 is 0 Å². The maximum atomic E-state index is 14.0. The van der Waals surface area contributed by atoms with E-state index in [1.807, 2.05) is 12.1 Å². The van der Waals surface area contributed by atoms with Crippen molar-refractivity contribution in [3.8, 4) is 0 Å². The summed E-state index contributed by atoms with van der Waals surface area (Å²) >= 11 is 0. The van der Waals surface area contributed by atoms with Crippen LogP contribution >= 0.6 is 0 Å². The smallest absolute Gasteiger partial charge is 0.338 e. The van der Waals surface area contributed by atoms with E-state index in [1.165, 1.54) is 24.3 Å². The van der Waals surface area contributed by atoms with Gasteiger partial charge in [0.15, 0.2) is 0 Å². The molecule has 1 atom stereocenters. The second-order valence-corrected chi connectivity index (χ2v) is 4.87. The Hall–Kier alpha value is -2.33. The first-order chi connectivity index (χ1) is 10.5. The molecule has 0 heterocycles. The van der Waals surface area contributed by atoms with Gasteiger partial charge in [0.05, 0.1) is 0 Å². The van der Waals surface area contributed by atoms with Crippen LogP contribution in [0.1, 0.15) is 17.3 Å². The molecule has 2 aromatic rings. The number of rotatable bonds is 5. The topological polar surface area (TPSA) is 37.3 Å². The van der Waals surface area contributed by atoms with Gasteiger partial charge in [0.2, 0.25) is 5.78 Å². The molecule has 0 saturated heterocycles. The van der Waals surface area contributed by atoms with Gasteiger partial charge in [-0.3, -0.25) is 4.79 Å². The zero-order valence-corrected chi connectivity index (χ0v) is 12.0. The summed E-state index contributed by atoms with van der Waals surface area (Å²) in [5, 5.41) is 11.1.